The lowest BCUT2D eigenvalue weighted by Gasteiger charge is -2.61. The minimum absolute atomic E-state index is 0.0534. The van der Waals surface area contributed by atoms with Gasteiger partial charge in [-0.05, 0) is 136 Å². The van der Waals surface area contributed by atoms with Gasteiger partial charge in [-0.3, -0.25) is 0 Å². The second-order valence-corrected chi connectivity index (χ2v) is 16.5. The molecule has 0 aromatic heterocycles. The number of para-hydroxylation sites is 1. The van der Waals surface area contributed by atoms with E-state index in [4.69, 9.17) is 0 Å². The third-order valence-corrected chi connectivity index (χ3v) is 13.8. The van der Waals surface area contributed by atoms with Gasteiger partial charge in [-0.25, -0.2) is 0 Å². The second-order valence-electron chi connectivity index (χ2n) is 16.5. The summed E-state index contributed by atoms with van der Waals surface area (Å²) >= 11 is 0. The highest BCUT2D eigenvalue weighted by Gasteiger charge is 2.62. The van der Waals surface area contributed by atoms with Gasteiger partial charge in [0.15, 0.2) is 0 Å². The van der Waals surface area contributed by atoms with Crippen molar-refractivity contribution in [2.75, 3.05) is 4.90 Å². The predicted molar refractivity (Wildman–Crippen MR) is 207 cm³/mol. The van der Waals surface area contributed by atoms with Gasteiger partial charge in [0, 0.05) is 27.8 Å². The number of benzene rings is 6. The molecule has 0 atom stereocenters. The second kappa shape index (κ2) is 10.3. The zero-order valence-electron chi connectivity index (χ0n) is 29.1. The summed E-state index contributed by atoms with van der Waals surface area (Å²) in [5, 5.41) is 0. The topological polar surface area (TPSA) is 3.24 Å². The van der Waals surface area contributed by atoms with Gasteiger partial charge in [0.25, 0.3) is 0 Å². The van der Waals surface area contributed by atoms with E-state index in [1.807, 2.05) is 0 Å². The summed E-state index contributed by atoms with van der Waals surface area (Å²) in [7, 11) is 0. The van der Waals surface area contributed by atoms with Gasteiger partial charge in [0.2, 0.25) is 0 Å². The first-order valence-electron chi connectivity index (χ1n) is 19.0. The van der Waals surface area contributed by atoms with Crippen LogP contribution in [0.4, 0.5) is 17.1 Å². The van der Waals surface area contributed by atoms with Crippen LogP contribution in [0, 0.1) is 23.7 Å². The Morgan fingerprint density at radius 3 is 1.82 bits per heavy atom. The maximum atomic E-state index is 2.66. The van der Waals surface area contributed by atoms with Crippen molar-refractivity contribution in [3.05, 3.63) is 162 Å². The Labute approximate surface area is 296 Å². The van der Waals surface area contributed by atoms with E-state index in [1.165, 1.54) is 93.7 Å². The minimum atomic E-state index is -0.0534. The van der Waals surface area contributed by atoms with E-state index >= 15 is 0 Å². The molecule has 6 aromatic rings. The molecule has 1 nitrogen and oxygen atoms in total. The van der Waals surface area contributed by atoms with Crippen LogP contribution in [0.2, 0.25) is 0 Å². The quantitative estimate of drug-likeness (QED) is 0.184. The van der Waals surface area contributed by atoms with Crippen molar-refractivity contribution in [1.29, 1.82) is 0 Å². The van der Waals surface area contributed by atoms with Crippen molar-refractivity contribution in [2.24, 2.45) is 23.7 Å². The standard InChI is InChI=1S/C49H43N/c1-48(2)41-19-10-9-17-39(41)47-42(48)20-12-22-45(47)50(36-15-7-4-8-16-36)37-23-24-40-44(30-37)49(34-26-31-25-32(28-34)29-35(49)27-31)43-21-11-18-38(46(40)43)33-13-5-3-6-14-33/h3-24,30-32,34-35H,25-29H2,1-2H3. The van der Waals surface area contributed by atoms with E-state index in [0.29, 0.717) is 11.8 Å². The van der Waals surface area contributed by atoms with Crippen molar-refractivity contribution in [3.63, 3.8) is 0 Å². The fraction of sp³-hybridized carbons (Fsp3) is 0.265. The van der Waals surface area contributed by atoms with Crippen molar-refractivity contribution >= 4 is 17.1 Å². The lowest BCUT2D eigenvalue weighted by Crippen LogP contribution is -2.55. The number of rotatable bonds is 4. The molecule has 6 aliphatic carbocycles. The third kappa shape index (κ3) is 3.73. The average Bonchev–Trinajstić information content (AvgIpc) is 3.57. The van der Waals surface area contributed by atoms with Gasteiger partial charge < -0.3 is 4.90 Å². The zero-order valence-corrected chi connectivity index (χ0v) is 29.1. The lowest BCUT2D eigenvalue weighted by molar-refractivity contribution is -0.0399. The summed E-state index contributed by atoms with van der Waals surface area (Å²) in [6, 6.07) is 53.2. The summed E-state index contributed by atoms with van der Waals surface area (Å²) < 4.78 is 0. The SMILES string of the molecule is CC1(C)c2ccccc2-c2c(N(c3ccccc3)c3ccc4c(c3)C3(c5cccc(-c6ccccc6)c5-4)C4CC5CC(C4)CC3C5)cccc21. The van der Waals surface area contributed by atoms with Crippen molar-refractivity contribution in [2.45, 2.75) is 56.8 Å². The van der Waals surface area contributed by atoms with Gasteiger partial charge >= 0.3 is 0 Å². The Kier molecular flexibility index (Phi) is 5.97. The van der Waals surface area contributed by atoms with Crippen LogP contribution in [0.1, 0.15) is 68.2 Å². The molecule has 0 radical (unpaired) electrons. The van der Waals surface area contributed by atoms with Crippen molar-refractivity contribution in [1.82, 2.24) is 0 Å². The molecule has 0 aliphatic heterocycles. The van der Waals surface area contributed by atoms with Gasteiger partial charge in [0.1, 0.15) is 0 Å². The molecular weight excluding hydrogens is 603 g/mol. The smallest absolute Gasteiger partial charge is 0.0543 e. The molecule has 6 aromatic carbocycles. The Morgan fingerprint density at radius 1 is 0.460 bits per heavy atom. The summed E-state index contributed by atoms with van der Waals surface area (Å²) in [5.74, 6) is 3.23. The summed E-state index contributed by atoms with van der Waals surface area (Å²) in [4.78, 5) is 2.57. The van der Waals surface area contributed by atoms with E-state index < -0.39 is 0 Å². The molecule has 1 spiro atoms. The number of anilines is 3. The molecule has 0 N–H and O–H groups in total. The van der Waals surface area contributed by atoms with Crippen molar-refractivity contribution < 1.29 is 0 Å². The molecule has 0 heterocycles. The van der Waals surface area contributed by atoms with Gasteiger partial charge in [-0.1, -0.05) is 123 Å². The average molecular weight is 646 g/mol. The first kappa shape index (κ1) is 28.9. The molecule has 4 saturated carbocycles. The number of hydrogen-bond acceptors (Lipinski definition) is 1. The largest absolute Gasteiger partial charge is 0.310 e. The van der Waals surface area contributed by atoms with Crippen LogP contribution < -0.4 is 4.90 Å². The lowest BCUT2D eigenvalue weighted by atomic mass is 9.43. The molecule has 4 bridgehead atoms. The van der Waals surface area contributed by atoms with E-state index in [0.717, 1.165) is 11.8 Å². The van der Waals surface area contributed by atoms with E-state index in [-0.39, 0.29) is 10.8 Å². The van der Waals surface area contributed by atoms with Crippen molar-refractivity contribution in [3.8, 4) is 33.4 Å². The van der Waals surface area contributed by atoms with Crippen LogP contribution in [0.15, 0.2) is 140 Å². The highest BCUT2D eigenvalue weighted by Crippen LogP contribution is 2.70. The van der Waals surface area contributed by atoms with Crippen LogP contribution in [0.25, 0.3) is 33.4 Å². The van der Waals surface area contributed by atoms with Crippen LogP contribution in [-0.4, -0.2) is 0 Å². The monoisotopic (exact) mass is 645 g/mol. The highest BCUT2D eigenvalue weighted by atomic mass is 15.1. The Morgan fingerprint density at radius 2 is 1.06 bits per heavy atom. The Hall–Kier alpha value is -4.88. The molecular formula is C49H43N. The number of fused-ring (bicyclic) bond motifs is 6. The molecule has 0 saturated heterocycles. The molecule has 50 heavy (non-hydrogen) atoms. The molecule has 1 heteroatoms. The normalized spacial score (nSPS) is 25.6. The molecule has 12 rings (SSSR count). The minimum Gasteiger partial charge on any atom is -0.310 e. The van der Waals surface area contributed by atoms with Gasteiger partial charge in [0.05, 0.1) is 5.69 Å². The highest BCUT2D eigenvalue weighted by molar-refractivity contribution is 5.97. The first-order chi connectivity index (χ1) is 24.5. The molecule has 0 amide bonds. The van der Waals surface area contributed by atoms with Crippen LogP contribution >= 0.6 is 0 Å². The summed E-state index contributed by atoms with van der Waals surface area (Å²) in [6.07, 6.45) is 6.99. The number of nitrogens with zero attached hydrogens (tertiary/aromatic N) is 1. The fourth-order valence-electron chi connectivity index (χ4n) is 12.2. The van der Waals surface area contributed by atoms with E-state index in [1.54, 1.807) is 11.1 Å². The maximum Gasteiger partial charge on any atom is 0.0543 e. The van der Waals surface area contributed by atoms with Gasteiger partial charge in [-0.15, -0.1) is 0 Å². The summed E-state index contributed by atoms with van der Waals surface area (Å²) in [6.45, 7) is 4.78. The Balaban J connectivity index is 1.18. The van der Waals surface area contributed by atoms with E-state index in [2.05, 4.69) is 158 Å². The molecule has 6 aliphatic rings. The van der Waals surface area contributed by atoms with Crippen LogP contribution in [-0.2, 0) is 10.8 Å². The Bertz CT molecular complexity index is 2280. The number of hydrogen-bond donors (Lipinski definition) is 0. The van der Waals surface area contributed by atoms with Gasteiger partial charge in [-0.2, -0.15) is 0 Å². The fourth-order valence-corrected chi connectivity index (χ4v) is 12.2. The first-order valence-corrected chi connectivity index (χ1v) is 19.0. The van der Waals surface area contributed by atoms with E-state index in [9.17, 15) is 0 Å². The molecule has 244 valence electrons. The molecule has 0 unspecified atom stereocenters. The zero-order chi connectivity index (χ0) is 33.2. The van der Waals surface area contributed by atoms with Crippen LogP contribution in [0.3, 0.4) is 0 Å². The summed E-state index contributed by atoms with van der Waals surface area (Å²) in [5.41, 5.74) is 18.2. The van der Waals surface area contributed by atoms with Crippen LogP contribution in [0.5, 0.6) is 0 Å². The predicted octanol–water partition coefficient (Wildman–Crippen LogP) is 12.9. The maximum absolute atomic E-state index is 2.66. The molecule has 4 fully saturated rings. The third-order valence-electron chi connectivity index (χ3n) is 13.8.